The molecular formula is C40H74O8. The van der Waals surface area contributed by atoms with Gasteiger partial charge in [-0.2, -0.15) is 0 Å². The smallest absolute Gasteiger partial charge is 0.119 e. The van der Waals surface area contributed by atoms with Gasteiger partial charge in [0.05, 0.1) is 85.9 Å². The van der Waals surface area contributed by atoms with Crippen LogP contribution in [0.5, 0.6) is 5.75 Å². The third-order valence-electron chi connectivity index (χ3n) is 8.11. The molecule has 8 heteroatoms. The van der Waals surface area contributed by atoms with Crippen LogP contribution in [0.1, 0.15) is 122 Å². The van der Waals surface area contributed by atoms with Crippen LogP contribution in [0.25, 0.3) is 0 Å². The standard InChI is InChI=1S/C40H74O8/c1-3-5-7-9-11-12-13-14-16-18-24-41-25-26-42-27-28-43-29-30-44-31-32-45-33-34-46-35-36-47-37-38-48-40-22-20-39(21-23-40)19-17-15-10-8-6-4-2/h20-23H,3-19,24-38H2,1-2H3. The van der Waals surface area contributed by atoms with Gasteiger partial charge in [0, 0.05) is 6.61 Å². The minimum atomic E-state index is 0.535. The van der Waals surface area contributed by atoms with Gasteiger partial charge in [-0.3, -0.25) is 0 Å². The Balaban J connectivity index is 1.69. The number of hydrogen-bond donors (Lipinski definition) is 0. The normalized spacial score (nSPS) is 11.5. The fourth-order valence-corrected chi connectivity index (χ4v) is 5.19. The molecule has 0 aliphatic carbocycles. The van der Waals surface area contributed by atoms with Crippen molar-refractivity contribution >= 4 is 0 Å². The van der Waals surface area contributed by atoms with E-state index in [2.05, 4.69) is 38.1 Å². The van der Waals surface area contributed by atoms with Gasteiger partial charge in [0.2, 0.25) is 0 Å². The first-order valence-electron chi connectivity index (χ1n) is 19.6. The number of aryl methyl sites for hydroxylation is 1. The van der Waals surface area contributed by atoms with Crippen molar-refractivity contribution in [1.29, 1.82) is 0 Å². The number of unbranched alkanes of at least 4 members (excludes halogenated alkanes) is 14. The predicted molar refractivity (Wildman–Crippen MR) is 197 cm³/mol. The summed E-state index contributed by atoms with van der Waals surface area (Å²) in [5, 5.41) is 0. The third-order valence-corrected chi connectivity index (χ3v) is 8.11. The molecule has 0 N–H and O–H groups in total. The molecule has 1 rings (SSSR count). The lowest BCUT2D eigenvalue weighted by atomic mass is 10.0. The number of ether oxygens (including phenoxy) is 8. The molecule has 0 fully saturated rings. The van der Waals surface area contributed by atoms with E-state index in [1.807, 2.05) is 0 Å². The van der Waals surface area contributed by atoms with Crippen LogP contribution in [0.3, 0.4) is 0 Å². The lowest BCUT2D eigenvalue weighted by Crippen LogP contribution is -2.15. The maximum Gasteiger partial charge on any atom is 0.119 e. The summed E-state index contributed by atoms with van der Waals surface area (Å²) in [6.45, 7) is 13.2. The van der Waals surface area contributed by atoms with Crippen LogP contribution in [-0.4, -0.2) is 99.1 Å². The Hall–Kier alpha value is -1.26. The van der Waals surface area contributed by atoms with Gasteiger partial charge in [0.15, 0.2) is 0 Å². The number of hydrogen-bond acceptors (Lipinski definition) is 8. The lowest BCUT2D eigenvalue weighted by Gasteiger charge is -2.09. The average Bonchev–Trinajstić information content (AvgIpc) is 3.11. The summed E-state index contributed by atoms with van der Waals surface area (Å²) in [4.78, 5) is 0. The molecule has 0 heterocycles. The second-order valence-corrected chi connectivity index (χ2v) is 12.5. The molecule has 0 spiro atoms. The SMILES string of the molecule is CCCCCCCCCCCCOCCOCCOCCOCCOCCOCCOCCOc1ccc(CCCCCCCC)cc1. The fraction of sp³-hybridized carbons (Fsp3) is 0.850. The quantitative estimate of drug-likeness (QED) is 0.0635. The van der Waals surface area contributed by atoms with E-state index in [1.165, 1.54) is 102 Å². The highest BCUT2D eigenvalue weighted by molar-refractivity contribution is 5.27. The Morgan fingerprint density at radius 1 is 0.312 bits per heavy atom. The van der Waals surface area contributed by atoms with Crippen LogP contribution >= 0.6 is 0 Å². The zero-order chi connectivity index (χ0) is 34.3. The van der Waals surface area contributed by atoms with E-state index in [4.69, 9.17) is 37.9 Å². The second-order valence-electron chi connectivity index (χ2n) is 12.5. The third kappa shape index (κ3) is 33.2. The van der Waals surface area contributed by atoms with Crippen molar-refractivity contribution in [2.24, 2.45) is 0 Å². The highest BCUT2D eigenvalue weighted by atomic mass is 16.6. The molecule has 0 amide bonds. The molecule has 0 aliphatic rings. The first-order chi connectivity index (χ1) is 23.9. The fourth-order valence-electron chi connectivity index (χ4n) is 5.19. The summed E-state index contributed by atoms with van der Waals surface area (Å²) in [7, 11) is 0. The molecule has 0 bridgehead atoms. The zero-order valence-corrected chi connectivity index (χ0v) is 31.2. The molecule has 0 unspecified atom stereocenters. The van der Waals surface area contributed by atoms with Crippen LogP contribution in [0.4, 0.5) is 0 Å². The summed E-state index contributed by atoms with van der Waals surface area (Å²) in [5.41, 5.74) is 1.39. The van der Waals surface area contributed by atoms with E-state index in [0.717, 1.165) is 25.2 Å². The summed E-state index contributed by atoms with van der Waals surface area (Å²) >= 11 is 0. The van der Waals surface area contributed by atoms with Crippen molar-refractivity contribution in [1.82, 2.24) is 0 Å². The Morgan fingerprint density at radius 3 is 1.02 bits per heavy atom. The molecule has 48 heavy (non-hydrogen) atoms. The van der Waals surface area contributed by atoms with E-state index < -0.39 is 0 Å². The second kappa shape index (κ2) is 38.5. The molecule has 0 aliphatic heterocycles. The molecule has 0 aromatic heterocycles. The lowest BCUT2D eigenvalue weighted by molar-refractivity contribution is -0.0213. The van der Waals surface area contributed by atoms with E-state index in [1.54, 1.807) is 0 Å². The summed E-state index contributed by atoms with van der Waals surface area (Å²) in [5.74, 6) is 0.895. The highest BCUT2D eigenvalue weighted by Crippen LogP contribution is 2.15. The van der Waals surface area contributed by atoms with Crippen molar-refractivity contribution < 1.29 is 37.9 Å². The van der Waals surface area contributed by atoms with Crippen molar-refractivity contribution in [2.45, 2.75) is 123 Å². The first kappa shape index (κ1) is 44.8. The van der Waals surface area contributed by atoms with Crippen molar-refractivity contribution in [3.05, 3.63) is 29.8 Å². The van der Waals surface area contributed by atoms with Crippen molar-refractivity contribution in [2.75, 3.05) is 99.1 Å². The summed E-state index contributed by atoms with van der Waals surface area (Å²) in [6.07, 6.45) is 22.6. The zero-order valence-electron chi connectivity index (χ0n) is 31.2. The molecule has 8 nitrogen and oxygen atoms in total. The molecule has 0 atom stereocenters. The monoisotopic (exact) mass is 683 g/mol. The van der Waals surface area contributed by atoms with Crippen molar-refractivity contribution in [3.63, 3.8) is 0 Å². The van der Waals surface area contributed by atoms with Gasteiger partial charge < -0.3 is 37.9 Å². The van der Waals surface area contributed by atoms with Gasteiger partial charge >= 0.3 is 0 Å². The Labute approximate surface area is 295 Å². The Morgan fingerprint density at radius 2 is 0.625 bits per heavy atom. The summed E-state index contributed by atoms with van der Waals surface area (Å²) in [6, 6.07) is 8.47. The van der Waals surface area contributed by atoms with Crippen LogP contribution in [0.2, 0.25) is 0 Å². The Bertz CT molecular complexity index is 732. The van der Waals surface area contributed by atoms with Crippen LogP contribution in [0, 0.1) is 0 Å². The van der Waals surface area contributed by atoms with Gasteiger partial charge in [0.1, 0.15) is 12.4 Å². The minimum absolute atomic E-state index is 0.535. The largest absolute Gasteiger partial charge is 0.491 e. The highest BCUT2D eigenvalue weighted by Gasteiger charge is 1.99. The van der Waals surface area contributed by atoms with Crippen LogP contribution in [0.15, 0.2) is 24.3 Å². The van der Waals surface area contributed by atoms with E-state index in [-0.39, 0.29) is 0 Å². The maximum atomic E-state index is 5.78. The predicted octanol–water partition coefficient (Wildman–Crippen LogP) is 9.01. The van der Waals surface area contributed by atoms with Gasteiger partial charge in [0.25, 0.3) is 0 Å². The molecule has 1 aromatic rings. The average molecular weight is 683 g/mol. The number of benzene rings is 1. The molecule has 0 radical (unpaired) electrons. The topological polar surface area (TPSA) is 73.8 Å². The minimum Gasteiger partial charge on any atom is -0.491 e. The Kier molecular flexibility index (Phi) is 35.9. The van der Waals surface area contributed by atoms with Crippen LogP contribution in [-0.2, 0) is 39.6 Å². The molecule has 282 valence electrons. The van der Waals surface area contributed by atoms with Gasteiger partial charge in [-0.1, -0.05) is 116 Å². The van der Waals surface area contributed by atoms with E-state index >= 15 is 0 Å². The molecule has 1 aromatic carbocycles. The molecule has 0 saturated carbocycles. The first-order valence-corrected chi connectivity index (χ1v) is 19.6. The van der Waals surface area contributed by atoms with Crippen molar-refractivity contribution in [3.8, 4) is 5.75 Å². The van der Waals surface area contributed by atoms with E-state index in [0.29, 0.717) is 92.5 Å². The van der Waals surface area contributed by atoms with Gasteiger partial charge in [-0.05, 0) is 37.0 Å². The summed E-state index contributed by atoms with van der Waals surface area (Å²) < 4.78 is 44.8. The molecular weight excluding hydrogens is 608 g/mol. The van der Waals surface area contributed by atoms with Gasteiger partial charge in [-0.25, -0.2) is 0 Å². The van der Waals surface area contributed by atoms with E-state index in [9.17, 15) is 0 Å². The van der Waals surface area contributed by atoms with Crippen LogP contribution < -0.4 is 4.74 Å². The maximum absolute atomic E-state index is 5.78. The van der Waals surface area contributed by atoms with Gasteiger partial charge in [-0.15, -0.1) is 0 Å². The number of rotatable bonds is 40. The molecule has 0 saturated heterocycles.